The number of nitrogens with one attached hydrogen (secondary N) is 1. The van der Waals surface area contributed by atoms with E-state index in [4.69, 9.17) is 16.6 Å². The van der Waals surface area contributed by atoms with Crippen molar-refractivity contribution in [3.8, 4) is 11.3 Å². The Hall–Kier alpha value is -2.19. The molecule has 0 unspecified atom stereocenters. The van der Waals surface area contributed by atoms with Gasteiger partial charge in [0, 0.05) is 17.6 Å². The zero-order valence-corrected chi connectivity index (χ0v) is 15.1. The highest BCUT2D eigenvalue weighted by Crippen LogP contribution is 2.42. The zero-order valence-electron chi connectivity index (χ0n) is 12.8. The number of rotatable bonds is 1. The minimum atomic E-state index is -0.419. The van der Waals surface area contributed by atoms with E-state index in [0.29, 0.717) is 27.6 Å². The summed E-state index contributed by atoms with van der Waals surface area (Å²) in [5.41, 5.74) is 2.58. The maximum atomic E-state index is 14.7. The van der Waals surface area contributed by atoms with Crippen molar-refractivity contribution in [2.24, 2.45) is 4.99 Å². The molecular weight excluding hydrogens is 411 g/mol. The van der Waals surface area contributed by atoms with Gasteiger partial charge in [0.15, 0.2) is 0 Å². The second kappa shape index (κ2) is 5.40. The van der Waals surface area contributed by atoms with Crippen LogP contribution in [0.1, 0.15) is 12.0 Å². The molecule has 0 bridgehead atoms. The summed E-state index contributed by atoms with van der Waals surface area (Å²) in [6.45, 7) is 1.51. The molecule has 2 aliphatic rings. The molecule has 0 aliphatic carbocycles. The fraction of sp³-hybridized carbons (Fsp3) is 0.188. The second-order valence-electron chi connectivity index (χ2n) is 5.89. The predicted octanol–water partition coefficient (Wildman–Crippen LogP) is 4.13. The third-order valence-corrected chi connectivity index (χ3v) is 5.74. The van der Waals surface area contributed by atoms with Gasteiger partial charge in [-0.2, -0.15) is 10.2 Å². The maximum Gasteiger partial charge on any atom is 0.146 e. The summed E-state index contributed by atoms with van der Waals surface area (Å²) in [4.78, 5) is 6.69. The van der Waals surface area contributed by atoms with Crippen molar-refractivity contribution in [2.45, 2.75) is 13.0 Å². The van der Waals surface area contributed by atoms with Crippen molar-refractivity contribution >= 4 is 44.9 Å². The normalized spacial score (nSPS) is 15.5. The molecule has 0 saturated carbocycles. The predicted molar refractivity (Wildman–Crippen MR) is 97.1 cm³/mol. The Balaban J connectivity index is 1.85. The van der Waals surface area contributed by atoms with Gasteiger partial charge in [-0.3, -0.25) is 5.10 Å². The Morgan fingerprint density at radius 2 is 2.12 bits per heavy atom. The van der Waals surface area contributed by atoms with Crippen molar-refractivity contribution in [1.82, 2.24) is 20.0 Å². The fourth-order valence-electron chi connectivity index (χ4n) is 3.35. The number of anilines is 1. The smallest absolute Gasteiger partial charge is 0.146 e. The van der Waals surface area contributed by atoms with Gasteiger partial charge in [0.2, 0.25) is 0 Å². The van der Waals surface area contributed by atoms with Gasteiger partial charge in [-0.25, -0.2) is 14.1 Å². The minimum Gasteiger partial charge on any atom is -0.310 e. The van der Waals surface area contributed by atoms with Crippen LogP contribution in [0.15, 0.2) is 34.0 Å². The molecule has 2 aromatic heterocycles. The fourth-order valence-corrected chi connectivity index (χ4v) is 3.92. The average molecular weight is 422 g/mol. The number of fused-ring (bicyclic) bond motifs is 2. The summed E-state index contributed by atoms with van der Waals surface area (Å²) in [7, 11) is 0. The summed E-state index contributed by atoms with van der Waals surface area (Å²) < 4.78 is 17.3. The molecule has 5 rings (SSSR count). The van der Waals surface area contributed by atoms with E-state index in [-0.39, 0.29) is 5.56 Å². The number of aryl methyl sites for hydroxylation is 1. The second-order valence-corrected chi connectivity index (χ2v) is 7.13. The summed E-state index contributed by atoms with van der Waals surface area (Å²) in [5.74, 6) is 0.923. The number of aliphatic imine (C=N–C) groups is 1. The number of hydrogen-bond acceptors (Lipinski definition) is 4. The molecule has 1 N–H and O–H groups in total. The lowest BCUT2D eigenvalue weighted by Crippen LogP contribution is -2.38. The molecular formula is C16H11BrClFN6. The van der Waals surface area contributed by atoms with Crippen molar-refractivity contribution < 1.29 is 4.39 Å². The third-order valence-electron chi connectivity index (χ3n) is 4.46. The molecule has 2 aliphatic heterocycles. The lowest BCUT2D eigenvalue weighted by Gasteiger charge is -2.31. The lowest BCUT2D eigenvalue weighted by atomic mass is 10.1. The highest BCUT2D eigenvalue weighted by atomic mass is 79.9. The molecule has 4 heterocycles. The number of aromatic amines is 1. The first-order chi connectivity index (χ1) is 12.1. The van der Waals surface area contributed by atoms with E-state index >= 15 is 0 Å². The summed E-state index contributed by atoms with van der Waals surface area (Å²) in [5, 5.41) is 11.8. The van der Waals surface area contributed by atoms with Crippen LogP contribution in [0.4, 0.5) is 15.9 Å². The molecule has 6 nitrogen and oxygen atoms in total. The van der Waals surface area contributed by atoms with E-state index in [9.17, 15) is 4.39 Å². The van der Waals surface area contributed by atoms with Crippen molar-refractivity contribution in [3.05, 3.63) is 45.4 Å². The van der Waals surface area contributed by atoms with Gasteiger partial charge in [0.1, 0.15) is 23.2 Å². The Kier molecular flexibility index (Phi) is 3.26. The molecule has 0 amide bonds. The quantitative estimate of drug-likeness (QED) is 0.601. The summed E-state index contributed by atoms with van der Waals surface area (Å²) in [6.07, 6.45) is 4.30. The van der Waals surface area contributed by atoms with Gasteiger partial charge in [-0.1, -0.05) is 11.6 Å². The molecule has 0 saturated heterocycles. The first-order valence-corrected chi connectivity index (χ1v) is 8.92. The number of nitrogens with zero attached hydrogens (tertiary/aromatic N) is 5. The molecule has 0 radical (unpaired) electrons. The molecule has 9 heteroatoms. The molecule has 0 spiro atoms. The summed E-state index contributed by atoms with van der Waals surface area (Å²) >= 11 is 9.80. The zero-order chi connectivity index (χ0) is 17.1. The van der Waals surface area contributed by atoms with E-state index in [0.717, 1.165) is 30.0 Å². The van der Waals surface area contributed by atoms with Crippen molar-refractivity contribution in [1.29, 1.82) is 0 Å². The number of aromatic nitrogens is 4. The van der Waals surface area contributed by atoms with Gasteiger partial charge in [-0.15, -0.1) is 0 Å². The molecule has 1 aromatic carbocycles. The Morgan fingerprint density at radius 3 is 3.00 bits per heavy atom. The first-order valence-electron chi connectivity index (χ1n) is 7.75. The monoisotopic (exact) mass is 420 g/mol. The standard InChI is InChI=1S/C16H11BrClFN6/c17-9-2-3-10(19)12(13(9)18)15-22-11-7-20-23-14(11)8-6-21-25-5-1-4-24(15)16(8)25/h2-3,6-7H,1,4-5H2,(H,20,23). The van der Waals surface area contributed by atoms with Crippen LogP contribution < -0.4 is 4.90 Å². The van der Waals surface area contributed by atoms with Crippen LogP contribution in [0.2, 0.25) is 5.02 Å². The Bertz CT molecular complexity index is 1040. The highest BCUT2D eigenvalue weighted by molar-refractivity contribution is 9.10. The van der Waals surface area contributed by atoms with E-state index in [1.165, 1.54) is 6.07 Å². The molecule has 25 heavy (non-hydrogen) atoms. The molecule has 0 fully saturated rings. The van der Waals surface area contributed by atoms with Crippen molar-refractivity contribution in [2.75, 3.05) is 11.4 Å². The number of benzene rings is 1. The van der Waals surface area contributed by atoms with Crippen LogP contribution in [-0.4, -0.2) is 32.4 Å². The number of halogens is 3. The topological polar surface area (TPSA) is 62.1 Å². The van der Waals surface area contributed by atoms with Crippen LogP contribution in [0.5, 0.6) is 0 Å². The first kappa shape index (κ1) is 15.1. The largest absolute Gasteiger partial charge is 0.310 e. The van der Waals surface area contributed by atoms with Crippen LogP contribution in [0.25, 0.3) is 11.3 Å². The molecule has 3 aromatic rings. The maximum absolute atomic E-state index is 14.7. The Labute approximate surface area is 155 Å². The minimum absolute atomic E-state index is 0.269. The number of hydrogen-bond donors (Lipinski definition) is 1. The Morgan fingerprint density at radius 1 is 1.24 bits per heavy atom. The van der Waals surface area contributed by atoms with Crippen LogP contribution in [0.3, 0.4) is 0 Å². The van der Waals surface area contributed by atoms with E-state index < -0.39 is 5.82 Å². The lowest BCUT2D eigenvalue weighted by molar-refractivity contribution is 0.546. The van der Waals surface area contributed by atoms with Crippen LogP contribution in [-0.2, 0) is 6.54 Å². The van der Waals surface area contributed by atoms with Crippen molar-refractivity contribution in [3.63, 3.8) is 0 Å². The molecule has 126 valence electrons. The SMILES string of the molecule is Fc1ccc(Br)c(Cl)c1C1=Nc2cn[nH]c2-c2cnn3c2N1CCC3. The average Bonchev–Trinajstić information content (AvgIpc) is 3.21. The highest BCUT2D eigenvalue weighted by Gasteiger charge is 2.33. The summed E-state index contributed by atoms with van der Waals surface area (Å²) in [6, 6.07) is 2.98. The van der Waals surface area contributed by atoms with Gasteiger partial charge in [0.25, 0.3) is 0 Å². The van der Waals surface area contributed by atoms with Gasteiger partial charge < -0.3 is 4.90 Å². The van der Waals surface area contributed by atoms with Gasteiger partial charge in [-0.05, 0) is 34.5 Å². The van der Waals surface area contributed by atoms with Crippen LogP contribution in [0, 0.1) is 5.82 Å². The van der Waals surface area contributed by atoms with E-state index in [2.05, 4.69) is 31.2 Å². The molecule has 0 atom stereocenters. The van der Waals surface area contributed by atoms with Gasteiger partial charge in [0.05, 0.1) is 34.2 Å². The van der Waals surface area contributed by atoms with Gasteiger partial charge >= 0.3 is 0 Å². The number of amidine groups is 1. The van der Waals surface area contributed by atoms with E-state index in [1.54, 1.807) is 18.5 Å². The van der Waals surface area contributed by atoms with Crippen LogP contribution >= 0.6 is 27.5 Å². The number of H-pyrrole nitrogens is 1. The van der Waals surface area contributed by atoms with E-state index in [1.807, 2.05) is 9.58 Å². The third kappa shape index (κ3) is 2.10.